The van der Waals surface area contributed by atoms with Crippen molar-refractivity contribution in [1.29, 1.82) is 0 Å². The summed E-state index contributed by atoms with van der Waals surface area (Å²) in [4.78, 5) is 2.34. The van der Waals surface area contributed by atoms with Gasteiger partial charge in [-0.05, 0) is 38.8 Å². The number of β-amino-alcohol motifs (C(OH)–C–C–N with tert-alkyl or cyclic N) is 1. The van der Waals surface area contributed by atoms with Gasteiger partial charge in [0.2, 0.25) is 0 Å². The van der Waals surface area contributed by atoms with Gasteiger partial charge in [-0.15, -0.1) is 6.58 Å². The van der Waals surface area contributed by atoms with Gasteiger partial charge in [-0.2, -0.15) is 0 Å². The average molecular weight is 169 g/mol. The molecule has 0 aromatic heterocycles. The van der Waals surface area contributed by atoms with Gasteiger partial charge in [-0.3, -0.25) is 0 Å². The fourth-order valence-corrected chi connectivity index (χ4v) is 1.69. The molecular weight excluding hydrogens is 150 g/mol. The zero-order valence-corrected chi connectivity index (χ0v) is 7.71. The molecule has 0 radical (unpaired) electrons. The van der Waals surface area contributed by atoms with Crippen LogP contribution in [0, 0.1) is 0 Å². The molecule has 12 heavy (non-hydrogen) atoms. The second-order valence-electron chi connectivity index (χ2n) is 3.53. The molecule has 2 heteroatoms. The number of likely N-dealkylation sites (tertiary alicyclic amines) is 1. The number of piperidine rings is 1. The third kappa shape index (κ3) is 3.37. The van der Waals surface area contributed by atoms with Crippen molar-refractivity contribution in [2.75, 3.05) is 19.6 Å². The van der Waals surface area contributed by atoms with E-state index in [1.807, 2.05) is 6.08 Å². The van der Waals surface area contributed by atoms with Crippen LogP contribution in [-0.2, 0) is 0 Å². The maximum absolute atomic E-state index is 9.37. The van der Waals surface area contributed by atoms with Gasteiger partial charge in [0, 0.05) is 6.54 Å². The minimum atomic E-state index is -0.0810. The Balaban J connectivity index is 2.09. The lowest BCUT2D eigenvalue weighted by molar-refractivity contribution is 0.0703. The summed E-state index contributed by atoms with van der Waals surface area (Å²) in [6.07, 6.45) is 6.28. The molecular formula is C10H19NO. The van der Waals surface area contributed by atoms with E-state index in [1.165, 1.54) is 6.42 Å². The van der Waals surface area contributed by atoms with E-state index in [0.717, 1.165) is 38.9 Å². The molecule has 1 atom stereocenters. The van der Waals surface area contributed by atoms with Crippen molar-refractivity contribution < 1.29 is 5.11 Å². The highest BCUT2D eigenvalue weighted by molar-refractivity contribution is 4.73. The summed E-state index contributed by atoms with van der Waals surface area (Å²) < 4.78 is 0. The van der Waals surface area contributed by atoms with Crippen LogP contribution in [0.4, 0.5) is 0 Å². The third-order valence-corrected chi connectivity index (χ3v) is 2.36. The Bertz CT molecular complexity index is 136. The largest absolute Gasteiger partial charge is 0.392 e. The number of rotatable bonds is 4. The van der Waals surface area contributed by atoms with Crippen LogP contribution in [-0.4, -0.2) is 35.7 Å². The highest BCUT2D eigenvalue weighted by Crippen LogP contribution is 2.10. The lowest BCUT2D eigenvalue weighted by atomic mass is 10.1. The zero-order valence-electron chi connectivity index (χ0n) is 7.71. The third-order valence-electron chi connectivity index (χ3n) is 2.36. The molecule has 1 rings (SSSR count). The van der Waals surface area contributed by atoms with Crippen LogP contribution in [0.5, 0.6) is 0 Å². The Morgan fingerprint density at radius 1 is 1.58 bits per heavy atom. The zero-order chi connectivity index (χ0) is 8.81. The monoisotopic (exact) mass is 169 g/mol. The molecule has 0 spiro atoms. The van der Waals surface area contributed by atoms with Gasteiger partial charge in [0.05, 0.1) is 6.10 Å². The van der Waals surface area contributed by atoms with E-state index in [2.05, 4.69) is 11.5 Å². The lowest BCUT2D eigenvalue weighted by Crippen LogP contribution is -2.38. The van der Waals surface area contributed by atoms with E-state index < -0.39 is 0 Å². The van der Waals surface area contributed by atoms with Gasteiger partial charge >= 0.3 is 0 Å². The topological polar surface area (TPSA) is 23.5 Å². The number of aliphatic hydroxyl groups excluding tert-OH is 1. The van der Waals surface area contributed by atoms with Crippen molar-refractivity contribution >= 4 is 0 Å². The van der Waals surface area contributed by atoms with Crippen LogP contribution in [0.3, 0.4) is 0 Å². The molecule has 0 bridgehead atoms. The molecule has 2 nitrogen and oxygen atoms in total. The molecule has 1 aliphatic rings. The molecule has 0 unspecified atom stereocenters. The molecule has 1 fully saturated rings. The van der Waals surface area contributed by atoms with E-state index in [1.54, 1.807) is 0 Å². The van der Waals surface area contributed by atoms with Gasteiger partial charge in [-0.25, -0.2) is 0 Å². The van der Waals surface area contributed by atoms with E-state index >= 15 is 0 Å². The first-order chi connectivity index (χ1) is 5.83. The van der Waals surface area contributed by atoms with E-state index in [-0.39, 0.29) is 6.10 Å². The quantitative estimate of drug-likeness (QED) is 0.508. The summed E-state index contributed by atoms with van der Waals surface area (Å²) in [6.45, 7) is 6.84. The fourth-order valence-electron chi connectivity index (χ4n) is 1.69. The number of allylic oxidation sites excluding steroid dienone is 1. The molecule has 0 aromatic rings. The molecule has 1 aliphatic heterocycles. The number of aliphatic hydroxyl groups is 1. The maximum Gasteiger partial charge on any atom is 0.0667 e. The molecule has 0 aromatic carbocycles. The van der Waals surface area contributed by atoms with Crippen LogP contribution < -0.4 is 0 Å². The Morgan fingerprint density at radius 3 is 3.08 bits per heavy atom. The Kier molecular flexibility index (Phi) is 4.33. The summed E-state index contributed by atoms with van der Waals surface area (Å²) >= 11 is 0. The molecule has 70 valence electrons. The summed E-state index contributed by atoms with van der Waals surface area (Å²) in [7, 11) is 0. The molecule has 0 saturated carbocycles. The van der Waals surface area contributed by atoms with Gasteiger partial charge < -0.3 is 10.0 Å². The van der Waals surface area contributed by atoms with Crippen molar-refractivity contribution in [1.82, 2.24) is 4.90 Å². The van der Waals surface area contributed by atoms with E-state index in [9.17, 15) is 5.11 Å². The van der Waals surface area contributed by atoms with Gasteiger partial charge in [0.1, 0.15) is 0 Å². The summed E-state index contributed by atoms with van der Waals surface area (Å²) in [5.74, 6) is 0. The van der Waals surface area contributed by atoms with Crippen molar-refractivity contribution in [3.05, 3.63) is 12.7 Å². The number of hydrogen-bond donors (Lipinski definition) is 1. The minimum Gasteiger partial charge on any atom is -0.392 e. The average Bonchev–Trinajstić information content (AvgIpc) is 2.05. The molecule has 0 aliphatic carbocycles. The van der Waals surface area contributed by atoms with Gasteiger partial charge in [-0.1, -0.05) is 6.08 Å². The first-order valence-corrected chi connectivity index (χ1v) is 4.84. The highest BCUT2D eigenvalue weighted by atomic mass is 16.3. The first kappa shape index (κ1) is 9.75. The van der Waals surface area contributed by atoms with Gasteiger partial charge in [0.25, 0.3) is 0 Å². The van der Waals surface area contributed by atoms with Crippen molar-refractivity contribution in [2.24, 2.45) is 0 Å². The second kappa shape index (κ2) is 5.33. The predicted molar refractivity (Wildman–Crippen MR) is 51.1 cm³/mol. The van der Waals surface area contributed by atoms with Crippen molar-refractivity contribution in [2.45, 2.75) is 31.8 Å². The van der Waals surface area contributed by atoms with Crippen LogP contribution in [0.25, 0.3) is 0 Å². The summed E-state index contributed by atoms with van der Waals surface area (Å²) in [5.41, 5.74) is 0. The maximum atomic E-state index is 9.37. The first-order valence-electron chi connectivity index (χ1n) is 4.84. The standard InChI is InChI=1S/C10H19NO/c1-2-3-4-7-11-8-5-6-10(12)9-11/h2,10,12H,1,3-9H2/t10-/m0/s1. The SMILES string of the molecule is C=CCCCN1CCC[C@H](O)C1. The van der Waals surface area contributed by atoms with Gasteiger partial charge in [0.15, 0.2) is 0 Å². The van der Waals surface area contributed by atoms with Crippen LogP contribution in [0.2, 0.25) is 0 Å². The van der Waals surface area contributed by atoms with Crippen LogP contribution in [0.15, 0.2) is 12.7 Å². The number of nitrogens with zero attached hydrogens (tertiary/aromatic N) is 1. The normalized spacial score (nSPS) is 25.6. The molecule has 1 heterocycles. The van der Waals surface area contributed by atoms with Crippen LogP contribution in [0.1, 0.15) is 25.7 Å². The van der Waals surface area contributed by atoms with E-state index in [4.69, 9.17) is 0 Å². The Morgan fingerprint density at radius 2 is 2.42 bits per heavy atom. The minimum absolute atomic E-state index is 0.0810. The van der Waals surface area contributed by atoms with Crippen molar-refractivity contribution in [3.8, 4) is 0 Å². The lowest BCUT2D eigenvalue weighted by Gasteiger charge is -2.29. The Labute approximate surface area is 74.9 Å². The summed E-state index contributed by atoms with van der Waals surface area (Å²) in [5, 5.41) is 9.37. The molecule has 1 N–H and O–H groups in total. The number of hydrogen-bond acceptors (Lipinski definition) is 2. The molecule has 0 amide bonds. The van der Waals surface area contributed by atoms with Crippen LogP contribution >= 0.6 is 0 Å². The van der Waals surface area contributed by atoms with E-state index in [0.29, 0.717) is 0 Å². The second-order valence-corrected chi connectivity index (χ2v) is 3.53. The number of unbranched alkanes of at least 4 members (excludes halogenated alkanes) is 1. The predicted octanol–water partition coefficient (Wildman–Crippen LogP) is 1.41. The van der Waals surface area contributed by atoms with Crippen molar-refractivity contribution in [3.63, 3.8) is 0 Å². The highest BCUT2D eigenvalue weighted by Gasteiger charge is 2.16. The smallest absolute Gasteiger partial charge is 0.0667 e. The Hall–Kier alpha value is -0.340. The molecule has 1 saturated heterocycles. The summed E-state index contributed by atoms with van der Waals surface area (Å²) in [6, 6.07) is 0. The fraction of sp³-hybridized carbons (Fsp3) is 0.800.